The van der Waals surface area contributed by atoms with E-state index < -0.39 is 11.9 Å². The zero-order valence-corrected chi connectivity index (χ0v) is 19.1. The highest BCUT2D eigenvalue weighted by Crippen LogP contribution is 2.39. The van der Waals surface area contributed by atoms with Gasteiger partial charge in [0.2, 0.25) is 5.90 Å². The molecule has 1 aliphatic carbocycles. The van der Waals surface area contributed by atoms with Crippen LogP contribution in [0.25, 0.3) is 11.1 Å². The van der Waals surface area contributed by atoms with Gasteiger partial charge in [0, 0.05) is 16.7 Å². The van der Waals surface area contributed by atoms with Gasteiger partial charge in [-0.1, -0.05) is 44.0 Å². The number of hydrogen-bond donors (Lipinski definition) is 1. The van der Waals surface area contributed by atoms with Crippen LogP contribution < -0.4 is 9.47 Å². The Kier molecular flexibility index (Phi) is 6.97. The normalized spacial score (nSPS) is 14.1. The van der Waals surface area contributed by atoms with Crippen molar-refractivity contribution < 1.29 is 23.8 Å². The Morgan fingerprint density at radius 3 is 2.12 bits per heavy atom. The fourth-order valence-corrected chi connectivity index (χ4v) is 3.35. The number of carbonyl (C=O) groups is 2. The van der Waals surface area contributed by atoms with Gasteiger partial charge in [-0.2, -0.15) is 0 Å². The van der Waals surface area contributed by atoms with Crippen molar-refractivity contribution in [2.24, 2.45) is 0 Å². The lowest BCUT2D eigenvalue weighted by molar-refractivity contribution is -0.144. The van der Waals surface area contributed by atoms with Gasteiger partial charge >= 0.3 is 11.9 Å². The van der Waals surface area contributed by atoms with E-state index in [-0.39, 0.29) is 29.1 Å². The van der Waals surface area contributed by atoms with Crippen LogP contribution in [0.4, 0.5) is 0 Å². The summed E-state index contributed by atoms with van der Waals surface area (Å²) in [6.07, 6.45) is 1.22. The second kappa shape index (κ2) is 9.69. The van der Waals surface area contributed by atoms with Crippen molar-refractivity contribution in [3.63, 3.8) is 0 Å². The molecule has 2 aromatic carbocycles. The topological polar surface area (TPSA) is 85.7 Å². The Hall–Kier alpha value is -3.93. The Morgan fingerprint density at radius 1 is 0.848 bits per heavy atom. The van der Waals surface area contributed by atoms with Crippen LogP contribution in [-0.2, 0) is 20.7 Å². The molecule has 33 heavy (non-hydrogen) atoms. The van der Waals surface area contributed by atoms with E-state index in [2.05, 4.69) is 19.7 Å². The number of aryl methyl sites for hydroxylation is 1. The van der Waals surface area contributed by atoms with Crippen molar-refractivity contribution in [3.8, 4) is 22.6 Å². The first-order chi connectivity index (χ1) is 15.6. The minimum atomic E-state index is -0.588. The van der Waals surface area contributed by atoms with Crippen molar-refractivity contribution in [1.82, 2.24) is 0 Å². The van der Waals surface area contributed by atoms with Gasteiger partial charge in [0.05, 0.1) is 0 Å². The highest BCUT2D eigenvalue weighted by molar-refractivity contribution is 5.93. The Bertz CT molecular complexity index is 1190. The monoisotopic (exact) mass is 445 g/mol. The Labute approximate surface area is 193 Å². The molecule has 6 nitrogen and oxygen atoms in total. The molecule has 6 heteroatoms. The first kappa shape index (κ1) is 23.7. The van der Waals surface area contributed by atoms with Gasteiger partial charge < -0.3 is 14.2 Å². The van der Waals surface area contributed by atoms with Crippen LogP contribution in [0.2, 0.25) is 0 Å². The van der Waals surface area contributed by atoms with Gasteiger partial charge in [0.25, 0.3) is 0 Å². The van der Waals surface area contributed by atoms with Gasteiger partial charge in [-0.25, -0.2) is 9.59 Å². The van der Waals surface area contributed by atoms with E-state index in [1.165, 1.54) is 0 Å². The molecule has 1 N–H and O–H groups in total. The summed E-state index contributed by atoms with van der Waals surface area (Å²) in [7, 11) is 0. The van der Waals surface area contributed by atoms with Crippen molar-refractivity contribution in [1.29, 1.82) is 5.41 Å². The second-order valence-electron chi connectivity index (χ2n) is 8.17. The van der Waals surface area contributed by atoms with Gasteiger partial charge in [-0.15, -0.1) is 0 Å². The largest absolute Gasteiger partial charge is 0.454 e. The summed E-state index contributed by atoms with van der Waals surface area (Å²) >= 11 is 0. The summed E-state index contributed by atoms with van der Waals surface area (Å²) in [5.74, 6) is -0.690. The standard InChI is InChI=1S/C27H27NO5/c1-15(2)25(28)31-23-12-8-19(14-24(23)33-27(30)17(5)6)18-7-10-21-20(13-18)9-11-22(21)32-26(29)16(3)4/h7-8,10,12-14,22,28H,1,3,5,9,11H2,2,4,6H3. The SMILES string of the molecule is C=C(C)C(=N)Oc1ccc(-c2ccc3c(c2)CCC3OC(=O)C(=C)C)cc1OC(=O)C(=C)C. The smallest absolute Gasteiger partial charge is 0.338 e. The molecule has 0 heterocycles. The molecular weight excluding hydrogens is 418 g/mol. The summed E-state index contributed by atoms with van der Waals surface area (Å²) in [6, 6.07) is 11.1. The van der Waals surface area contributed by atoms with E-state index in [4.69, 9.17) is 19.6 Å². The maximum absolute atomic E-state index is 12.2. The van der Waals surface area contributed by atoms with Crippen molar-refractivity contribution in [2.75, 3.05) is 0 Å². The molecule has 1 atom stereocenters. The number of benzene rings is 2. The summed E-state index contributed by atoms with van der Waals surface area (Å²) in [6.45, 7) is 15.8. The van der Waals surface area contributed by atoms with Gasteiger partial charge in [-0.3, -0.25) is 5.41 Å². The van der Waals surface area contributed by atoms with E-state index in [0.29, 0.717) is 11.1 Å². The third kappa shape index (κ3) is 5.47. The quantitative estimate of drug-likeness (QED) is 0.189. The Morgan fingerprint density at radius 2 is 1.48 bits per heavy atom. The van der Waals surface area contributed by atoms with Crippen LogP contribution >= 0.6 is 0 Å². The summed E-state index contributed by atoms with van der Waals surface area (Å²) in [5, 5.41) is 7.92. The molecule has 0 amide bonds. The number of rotatable bonds is 7. The van der Waals surface area contributed by atoms with Gasteiger partial charge in [0.15, 0.2) is 11.5 Å². The molecule has 0 saturated carbocycles. The van der Waals surface area contributed by atoms with Crippen LogP contribution in [0.5, 0.6) is 11.5 Å². The molecule has 1 aliphatic rings. The number of hydrogen-bond acceptors (Lipinski definition) is 6. The number of fused-ring (bicyclic) bond motifs is 1. The lowest BCUT2D eigenvalue weighted by Gasteiger charge is -2.15. The number of ether oxygens (including phenoxy) is 3. The zero-order valence-electron chi connectivity index (χ0n) is 19.1. The van der Waals surface area contributed by atoms with Crippen LogP contribution in [0, 0.1) is 5.41 Å². The molecule has 0 aromatic heterocycles. The lowest BCUT2D eigenvalue weighted by atomic mass is 9.99. The second-order valence-corrected chi connectivity index (χ2v) is 8.17. The summed E-state index contributed by atoms with van der Waals surface area (Å²) in [5.41, 5.74) is 4.85. The van der Waals surface area contributed by atoms with Crippen molar-refractivity contribution >= 4 is 17.8 Å². The minimum Gasteiger partial charge on any atom is -0.454 e. The van der Waals surface area contributed by atoms with E-state index in [0.717, 1.165) is 35.1 Å². The predicted molar refractivity (Wildman–Crippen MR) is 127 cm³/mol. The summed E-state index contributed by atoms with van der Waals surface area (Å²) in [4.78, 5) is 24.1. The molecule has 3 rings (SSSR count). The molecule has 0 fully saturated rings. The average Bonchev–Trinajstić information content (AvgIpc) is 3.16. The fourth-order valence-electron chi connectivity index (χ4n) is 3.35. The first-order valence-corrected chi connectivity index (χ1v) is 10.5. The van der Waals surface area contributed by atoms with Crippen molar-refractivity contribution in [2.45, 2.75) is 39.7 Å². The number of nitrogens with one attached hydrogen (secondary N) is 1. The molecule has 2 aromatic rings. The number of esters is 2. The molecular formula is C27H27NO5. The first-order valence-electron chi connectivity index (χ1n) is 10.5. The van der Waals surface area contributed by atoms with E-state index in [1.807, 2.05) is 24.3 Å². The molecule has 170 valence electrons. The number of carbonyl (C=O) groups excluding carboxylic acids is 2. The molecule has 0 bridgehead atoms. The predicted octanol–water partition coefficient (Wildman–Crippen LogP) is 5.87. The average molecular weight is 446 g/mol. The maximum Gasteiger partial charge on any atom is 0.338 e. The third-order valence-corrected chi connectivity index (χ3v) is 5.19. The fraction of sp³-hybridized carbons (Fsp3) is 0.222. The van der Waals surface area contributed by atoms with Crippen LogP contribution in [0.1, 0.15) is 44.4 Å². The van der Waals surface area contributed by atoms with Crippen LogP contribution in [0.15, 0.2) is 72.9 Å². The molecule has 0 saturated heterocycles. The maximum atomic E-state index is 12.2. The van der Waals surface area contributed by atoms with Gasteiger partial charge in [-0.05, 0) is 68.0 Å². The van der Waals surface area contributed by atoms with Crippen LogP contribution in [0.3, 0.4) is 0 Å². The molecule has 1 unspecified atom stereocenters. The van der Waals surface area contributed by atoms with E-state index >= 15 is 0 Å². The minimum absolute atomic E-state index is 0.122. The zero-order chi connectivity index (χ0) is 24.3. The highest BCUT2D eigenvalue weighted by atomic mass is 16.6. The molecule has 0 radical (unpaired) electrons. The Balaban J connectivity index is 1.93. The van der Waals surface area contributed by atoms with Gasteiger partial charge in [0.1, 0.15) is 6.10 Å². The molecule has 0 spiro atoms. The van der Waals surface area contributed by atoms with Crippen molar-refractivity contribution in [3.05, 3.63) is 84.0 Å². The third-order valence-electron chi connectivity index (χ3n) is 5.19. The molecule has 0 aliphatic heterocycles. The van der Waals surface area contributed by atoms with Crippen LogP contribution in [-0.4, -0.2) is 17.8 Å². The highest BCUT2D eigenvalue weighted by Gasteiger charge is 2.26. The van der Waals surface area contributed by atoms with E-state index in [1.54, 1.807) is 32.9 Å². The van der Waals surface area contributed by atoms with E-state index in [9.17, 15) is 9.59 Å². The lowest BCUT2D eigenvalue weighted by Crippen LogP contribution is -2.12. The summed E-state index contributed by atoms with van der Waals surface area (Å²) < 4.78 is 16.6.